The fourth-order valence-corrected chi connectivity index (χ4v) is 4.79. The molecule has 5 rings (SSSR count). The molecule has 1 heterocycles. The molecule has 1 aliphatic heterocycles. The zero-order chi connectivity index (χ0) is 28.1. The molecular weight excluding hydrogens is 505 g/mol. The van der Waals surface area contributed by atoms with Gasteiger partial charge in [0.2, 0.25) is 0 Å². The average molecular weight is 536 g/mol. The second kappa shape index (κ2) is 12.0. The van der Waals surface area contributed by atoms with Gasteiger partial charge in [0.1, 0.15) is 5.82 Å². The molecule has 0 fully saturated rings. The summed E-state index contributed by atoms with van der Waals surface area (Å²) in [5.41, 5.74) is 6.64. The number of benzene rings is 4. The smallest absolute Gasteiger partial charge is 0.303 e. The molecule has 40 heavy (non-hydrogen) atoms. The van der Waals surface area contributed by atoms with E-state index in [2.05, 4.69) is 35.0 Å². The first-order valence-electron chi connectivity index (χ1n) is 13.2. The number of fused-ring (bicyclic) bond motifs is 1. The van der Waals surface area contributed by atoms with E-state index in [0.29, 0.717) is 28.9 Å². The second-order valence-electron chi connectivity index (χ2n) is 9.82. The van der Waals surface area contributed by atoms with Gasteiger partial charge in [-0.2, -0.15) is 0 Å². The molecule has 0 radical (unpaired) electrons. The van der Waals surface area contributed by atoms with Crippen LogP contribution in [-0.4, -0.2) is 17.0 Å². The molecule has 0 saturated heterocycles. The van der Waals surface area contributed by atoms with Crippen molar-refractivity contribution >= 4 is 34.5 Å². The van der Waals surface area contributed by atoms with Crippen LogP contribution >= 0.6 is 0 Å². The Morgan fingerprint density at radius 2 is 1.68 bits per heavy atom. The summed E-state index contributed by atoms with van der Waals surface area (Å²) in [5.74, 6) is -1.65. The van der Waals surface area contributed by atoms with Gasteiger partial charge < -0.3 is 21.1 Å². The molecule has 0 aliphatic carbocycles. The SMILES string of the molecule is CC(NCc1ccccc1)c1ccc(NC(=C2C(=O)Nc3cc(F)ccc32)c2cccc(CCC(=O)O)c2)cc1. The minimum atomic E-state index is -0.874. The van der Waals surface area contributed by atoms with Crippen LogP contribution in [0, 0.1) is 5.82 Å². The number of carboxylic acids is 1. The number of carbonyl (C=O) groups is 2. The Labute approximate surface area is 232 Å². The maximum Gasteiger partial charge on any atom is 0.303 e. The standard InChI is InChI=1S/C33H30FN3O3/c1-21(35-20-23-6-3-2-4-7-23)24-11-14-27(15-12-24)36-32(25-9-5-8-22(18-25)10-17-30(38)39)31-28-16-13-26(34)19-29(28)37-33(31)40/h2-9,11-16,18-19,21,35-36H,10,17,20H2,1H3,(H,37,40)(H,38,39). The van der Waals surface area contributed by atoms with Crippen LogP contribution in [0.25, 0.3) is 11.3 Å². The van der Waals surface area contributed by atoms with Gasteiger partial charge in [0.05, 0.1) is 17.0 Å². The third kappa shape index (κ3) is 6.27. The average Bonchev–Trinajstić information content (AvgIpc) is 3.28. The minimum absolute atomic E-state index is 0.00331. The molecule has 0 aromatic heterocycles. The van der Waals surface area contributed by atoms with Crippen molar-refractivity contribution in [2.24, 2.45) is 0 Å². The number of hydrogen-bond donors (Lipinski definition) is 4. The number of anilines is 2. The lowest BCUT2D eigenvalue weighted by atomic mass is 9.97. The highest BCUT2D eigenvalue weighted by Gasteiger charge is 2.29. The molecule has 1 unspecified atom stereocenters. The van der Waals surface area contributed by atoms with Gasteiger partial charge in [-0.15, -0.1) is 0 Å². The first-order chi connectivity index (χ1) is 19.4. The molecule has 0 saturated carbocycles. The van der Waals surface area contributed by atoms with Crippen LogP contribution in [-0.2, 0) is 22.6 Å². The predicted molar refractivity (Wildman–Crippen MR) is 156 cm³/mol. The molecule has 1 atom stereocenters. The molecule has 202 valence electrons. The first kappa shape index (κ1) is 26.8. The molecule has 0 bridgehead atoms. The molecule has 4 aromatic carbocycles. The molecule has 0 spiro atoms. The zero-order valence-electron chi connectivity index (χ0n) is 22.1. The highest BCUT2D eigenvalue weighted by atomic mass is 19.1. The van der Waals surface area contributed by atoms with E-state index in [0.717, 1.165) is 28.9 Å². The van der Waals surface area contributed by atoms with Crippen molar-refractivity contribution in [3.8, 4) is 0 Å². The normalized spacial score (nSPS) is 14.3. The number of carbonyl (C=O) groups excluding carboxylic acids is 1. The van der Waals surface area contributed by atoms with Crippen molar-refractivity contribution in [3.05, 3.63) is 131 Å². The summed E-state index contributed by atoms with van der Waals surface area (Å²) < 4.78 is 13.9. The Balaban J connectivity index is 1.45. The van der Waals surface area contributed by atoms with Gasteiger partial charge in [-0.05, 0) is 72.0 Å². The van der Waals surface area contributed by atoms with E-state index in [1.165, 1.54) is 17.7 Å². The predicted octanol–water partition coefficient (Wildman–Crippen LogP) is 6.63. The number of halogens is 1. The number of amides is 1. The number of nitrogens with one attached hydrogen (secondary N) is 3. The van der Waals surface area contributed by atoms with Crippen molar-refractivity contribution in [1.82, 2.24) is 5.32 Å². The van der Waals surface area contributed by atoms with Crippen LogP contribution in [0.4, 0.5) is 15.8 Å². The topological polar surface area (TPSA) is 90.5 Å². The summed E-state index contributed by atoms with van der Waals surface area (Å²) in [7, 11) is 0. The molecular formula is C33H30FN3O3. The number of aliphatic carboxylic acids is 1. The molecule has 4 aromatic rings. The van der Waals surface area contributed by atoms with Crippen LogP contribution in [0.15, 0.2) is 97.1 Å². The van der Waals surface area contributed by atoms with Crippen LogP contribution in [0.2, 0.25) is 0 Å². The quantitative estimate of drug-likeness (QED) is 0.171. The van der Waals surface area contributed by atoms with Crippen LogP contribution in [0.3, 0.4) is 0 Å². The van der Waals surface area contributed by atoms with E-state index in [1.54, 1.807) is 6.07 Å². The minimum Gasteiger partial charge on any atom is -0.481 e. The second-order valence-corrected chi connectivity index (χ2v) is 9.82. The van der Waals surface area contributed by atoms with E-state index in [9.17, 15) is 14.0 Å². The van der Waals surface area contributed by atoms with Gasteiger partial charge in [0, 0.05) is 30.3 Å². The van der Waals surface area contributed by atoms with E-state index in [1.807, 2.05) is 66.7 Å². The Hall–Kier alpha value is -4.75. The first-order valence-corrected chi connectivity index (χ1v) is 13.2. The van der Waals surface area contributed by atoms with Gasteiger partial charge in [0.15, 0.2) is 0 Å². The fourth-order valence-electron chi connectivity index (χ4n) is 4.79. The third-order valence-electron chi connectivity index (χ3n) is 6.95. The van der Waals surface area contributed by atoms with Gasteiger partial charge >= 0.3 is 5.97 Å². The Bertz CT molecular complexity index is 1570. The molecule has 1 aliphatic rings. The van der Waals surface area contributed by atoms with Gasteiger partial charge in [-0.1, -0.05) is 60.7 Å². The van der Waals surface area contributed by atoms with Crippen molar-refractivity contribution < 1.29 is 19.1 Å². The number of carboxylic acid groups (broad SMARTS) is 1. The maximum atomic E-state index is 13.9. The maximum absolute atomic E-state index is 13.9. The lowest BCUT2D eigenvalue weighted by Crippen LogP contribution is -2.18. The van der Waals surface area contributed by atoms with Crippen molar-refractivity contribution in [3.63, 3.8) is 0 Å². The fraction of sp³-hybridized carbons (Fsp3) is 0.152. The number of hydrogen-bond acceptors (Lipinski definition) is 4. The Morgan fingerprint density at radius 3 is 2.42 bits per heavy atom. The summed E-state index contributed by atoms with van der Waals surface area (Å²) in [6.45, 7) is 2.87. The number of rotatable bonds is 10. The molecule has 7 heteroatoms. The Kier molecular flexibility index (Phi) is 8.03. The highest BCUT2D eigenvalue weighted by molar-refractivity contribution is 6.37. The Morgan fingerprint density at radius 1 is 0.925 bits per heavy atom. The summed E-state index contributed by atoms with van der Waals surface area (Å²) in [4.78, 5) is 24.3. The monoisotopic (exact) mass is 535 g/mol. The van der Waals surface area contributed by atoms with Crippen molar-refractivity contribution in [2.75, 3.05) is 10.6 Å². The molecule has 4 N–H and O–H groups in total. The zero-order valence-corrected chi connectivity index (χ0v) is 22.1. The largest absolute Gasteiger partial charge is 0.481 e. The van der Waals surface area contributed by atoms with Gasteiger partial charge in [0.25, 0.3) is 5.91 Å². The van der Waals surface area contributed by atoms with E-state index in [-0.39, 0.29) is 18.4 Å². The lowest BCUT2D eigenvalue weighted by Gasteiger charge is -2.18. The van der Waals surface area contributed by atoms with E-state index in [4.69, 9.17) is 5.11 Å². The van der Waals surface area contributed by atoms with Gasteiger partial charge in [-0.25, -0.2) is 4.39 Å². The van der Waals surface area contributed by atoms with Gasteiger partial charge in [-0.3, -0.25) is 9.59 Å². The molecule has 1 amide bonds. The number of aryl methyl sites for hydroxylation is 1. The van der Waals surface area contributed by atoms with E-state index < -0.39 is 11.8 Å². The lowest BCUT2D eigenvalue weighted by molar-refractivity contribution is -0.137. The van der Waals surface area contributed by atoms with Crippen LogP contribution in [0.1, 0.15) is 47.2 Å². The van der Waals surface area contributed by atoms with Crippen LogP contribution < -0.4 is 16.0 Å². The molecule has 6 nitrogen and oxygen atoms in total. The highest BCUT2D eigenvalue weighted by Crippen LogP contribution is 2.38. The van der Waals surface area contributed by atoms with Crippen molar-refractivity contribution in [2.45, 2.75) is 32.4 Å². The van der Waals surface area contributed by atoms with Crippen LogP contribution in [0.5, 0.6) is 0 Å². The third-order valence-corrected chi connectivity index (χ3v) is 6.95. The van der Waals surface area contributed by atoms with E-state index >= 15 is 0 Å². The summed E-state index contributed by atoms with van der Waals surface area (Å²) in [5, 5.41) is 18.9. The summed E-state index contributed by atoms with van der Waals surface area (Å²) in [6.07, 6.45) is 0.367. The van der Waals surface area contributed by atoms with Crippen molar-refractivity contribution in [1.29, 1.82) is 0 Å². The summed E-state index contributed by atoms with van der Waals surface area (Å²) >= 11 is 0. The summed E-state index contributed by atoms with van der Waals surface area (Å²) in [6, 6.07) is 30.0.